The van der Waals surface area contributed by atoms with Gasteiger partial charge in [0.25, 0.3) is 5.91 Å². The maximum atomic E-state index is 13.0. The Bertz CT molecular complexity index is 1270. The second-order valence-electron chi connectivity index (χ2n) is 9.05. The van der Waals surface area contributed by atoms with Crippen molar-refractivity contribution in [2.24, 2.45) is 0 Å². The fraction of sp³-hybridized carbons (Fsp3) is 0.385. The number of imidazole rings is 1. The van der Waals surface area contributed by atoms with Gasteiger partial charge in [0.2, 0.25) is 0 Å². The molecule has 1 fully saturated rings. The average Bonchev–Trinajstić information content (AvgIpc) is 3.27. The van der Waals surface area contributed by atoms with Crippen molar-refractivity contribution in [3.8, 4) is 5.75 Å². The van der Waals surface area contributed by atoms with Crippen LogP contribution in [0, 0.1) is 0 Å². The molecule has 0 spiro atoms. The molecule has 190 valence electrons. The minimum Gasteiger partial charge on any atom is -0.406 e. The molecule has 4 heterocycles. The molecule has 1 aromatic carbocycles. The number of hydrogen-bond acceptors (Lipinski definition) is 5. The Morgan fingerprint density at radius 3 is 2.92 bits per heavy atom. The van der Waals surface area contributed by atoms with E-state index in [1.54, 1.807) is 12.3 Å². The largest absolute Gasteiger partial charge is 0.573 e. The maximum Gasteiger partial charge on any atom is 0.573 e. The van der Waals surface area contributed by atoms with Crippen molar-refractivity contribution in [1.29, 1.82) is 0 Å². The third kappa shape index (κ3) is 5.87. The summed E-state index contributed by atoms with van der Waals surface area (Å²) in [6.07, 6.45) is 3.67. The topological polar surface area (TPSA) is 58.9 Å². The molecule has 5 rings (SSSR count). The molecule has 0 saturated carbocycles. The fourth-order valence-electron chi connectivity index (χ4n) is 4.87. The number of hydrogen-bond donors (Lipinski definition) is 1. The molecule has 10 heteroatoms. The van der Waals surface area contributed by atoms with Gasteiger partial charge in [0.15, 0.2) is 0 Å². The number of carbonyl (C=O) groups excluding carboxylic acids is 1. The summed E-state index contributed by atoms with van der Waals surface area (Å²) >= 11 is 1.44. The minimum absolute atomic E-state index is 0.0866. The Kier molecular flexibility index (Phi) is 7.25. The van der Waals surface area contributed by atoms with Gasteiger partial charge in [-0.05, 0) is 74.7 Å². The van der Waals surface area contributed by atoms with Gasteiger partial charge in [-0.3, -0.25) is 14.1 Å². The second-order valence-corrected chi connectivity index (χ2v) is 10.1. The number of alkyl halides is 3. The standard InChI is InChI=1S/C26H27F3N4O2S/c27-26(28,29)35-21-9-3-6-18(14-21)7-5-13-32-12-2-1-8-19(32)16-31-25(34)22-15-20-17-30-23-10-4-11-24(36-22)33(20)23/h3-4,6,9-11,14-15,17,19H,1-2,5,7-8,12-13,16H2,(H,31,34). The lowest BCUT2D eigenvalue weighted by atomic mass is 10.0. The summed E-state index contributed by atoms with van der Waals surface area (Å²) in [5, 5.41) is 4.09. The first-order chi connectivity index (χ1) is 17.4. The van der Waals surface area contributed by atoms with E-state index in [1.165, 1.54) is 23.9 Å². The smallest absolute Gasteiger partial charge is 0.406 e. The molecule has 1 atom stereocenters. The first kappa shape index (κ1) is 24.7. The van der Waals surface area contributed by atoms with Crippen LogP contribution in [0.15, 0.2) is 58.6 Å². The van der Waals surface area contributed by atoms with Crippen molar-refractivity contribution in [3.05, 3.63) is 64.8 Å². The van der Waals surface area contributed by atoms with Crippen LogP contribution < -0.4 is 10.1 Å². The van der Waals surface area contributed by atoms with E-state index < -0.39 is 6.36 Å². The zero-order valence-corrected chi connectivity index (χ0v) is 20.4. The normalized spacial score (nSPS) is 18.2. The zero-order chi connectivity index (χ0) is 25.1. The molecule has 3 aromatic rings. The summed E-state index contributed by atoms with van der Waals surface area (Å²) in [4.78, 5) is 20.4. The monoisotopic (exact) mass is 516 g/mol. The molecule has 2 aromatic heterocycles. The SMILES string of the molecule is O=C(NCC1CCCCN1CCCc1cccc(OC(F)(F)F)c1)C1=Cc2cnc3cccc(n23)S1. The number of aromatic nitrogens is 2. The molecule has 6 nitrogen and oxygen atoms in total. The third-order valence-electron chi connectivity index (χ3n) is 6.53. The molecule has 1 saturated heterocycles. The Morgan fingerprint density at radius 1 is 1.19 bits per heavy atom. The van der Waals surface area contributed by atoms with Gasteiger partial charge in [-0.2, -0.15) is 0 Å². The molecule has 36 heavy (non-hydrogen) atoms. The highest BCUT2D eigenvalue weighted by molar-refractivity contribution is 8.04. The van der Waals surface area contributed by atoms with Crippen LogP contribution in [0.4, 0.5) is 13.2 Å². The number of nitrogens with one attached hydrogen (secondary N) is 1. The molecule has 0 aliphatic carbocycles. The molecule has 0 bridgehead atoms. The predicted octanol–water partition coefficient (Wildman–Crippen LogP) is 5.28. The molecule has 2 aliphatic rings. The lowest BCUT2D eigenvalue weighted by molar-refractivity contribution is -0.274. The van der Waals surface area contributed by atoms with E-state index in [2.05, 4.69) is 19.9 Å². The van der Waals surface area contributed by atoms with Gasteiger partial charge >= 0.3 is 6.36 Å². The van der Waals surface area contributed by atoms with Crippen LogP contribution in [0.5, 0.6) is 5.75 Å². The van der Waals surface area contributed by atoms with Gasteiger partial charge in [0.1, 0.15) is 11.4 Å². The third-order valence-corrected chi connectivity index (χ3v) is 7.58. The molecule has 2 aliphatic heterocycles. The van der Waals surface area contributed by atoms with E-state index in [0.717, 1.165) is 60.7 Å². The number of thioether (sulfide) groups is 1. The van der Waals surface area contributed by atoms with Crippen LogP contribution in [0.1, 0.15) is 36.9 Å². The lowest BCUT2D eigenvalue weighted by Gasteiger charge is -2.36. The number of pyridine rings is 1. The number of amides is 1. The van der Waals surface area contributed by atoms with Gasteiger partial charge in [0, 0.05) is 12.6 Å². The van der Waals surface area contributed by atoms with Crippen LogP contribution in [-0.2, 0) is 11.2 Å². The first-order valence-electron chi connectivity index (χ1n) is 12.1. The average molecular weight is 517 g/mol. The predicted molar refractivity (Wildman–Crippen MR) is 133 cm³/mol. The Labute approximate surface area is 211 Å². The number of likely N-dealkylation sites (tertiary alicyclic amines) is 1. The summed E-state index contributed by atoms with van der Waals surface area (Å²) in [6, 6.07) is 12.3. The summed E-state index contributed by atoms with van der Waals surface area (Å²) < 4.78 is 43.5. The zero-order valence-electron chi connectivity index (χ0n) is 19.6. The van der Waals surface area contributed by atoms with Gasteiger partial charge < -0.3 is 10.1 Å². The van der Waals surface area contributed by atoms with Gasteiger partial charge in [0.05, 0.1) is 21.8 Å². The number of nitrogens with zero attached hydrogens (tertiary/aromatic N) is 3. The summed E-state index contributed by atoms with van der Waals surface area (Å²) in [5.74, 6) is -0.274. The highest BCUT2D eigenvalue weighted by atomic mass is 32.2. The van der Waals surface area contributed by atoms with Gasteiger partial charge in [-0.1, -0.05) is 36.4 Å². The first-order valence-corrected chi connectivity index (χ1v) is 12.9. The molecule has 1 N–H and O–H groups in total. The molecular formula is C26H27F3N4O2S. The number of carbonyl (C=O) groups is 1. The minimum atomic E-state index is -4.69. The van der Waals surface area contributed by atoms with Crippen molar-refractivity contribution in [2.45, 2.75) is 49.5 Å². The van der Waals surface area contributed by atoms with E-state index in [0.29, 0.717) is 17.9 Å². The fourth-order valence-corrected chi connectivity index (χ4v) is 5.87. The second kappa shape index (κ2) is 10.6. The number of rotatable bonds is 8. The number of piperidine rings is 1. The number of halogens is 3. The highest BCUT2D eigenvalue weighted by Gasteiger charge is 2.31. The van der Waals surface area contributed by atoms with E-state index >= 15 is 0 Å². The maximum absolute atomic E-state index is 13.0. The number of ether oxygens (including phenoxy) is 1. The molecule has 1 unspecified atom stereocenters. The van der Waals surface area contributed by atoms with Crippen molar-refractivity contribution < 1.29 is 22.7 Å². The molecular weight excluding hydrogens is 489 g/mol. The summed E-state index contributed by atoms with van der Waals surface area (Å²) in [5.41, 5.74) is 2.57. The van der Waals surface area contributed by atoms with E-state index in [4.69, 9.17) is 0 Å². The van der Waals surface area contributed by atoms with Crippen molar-refractivity contribution in [3.63, 3.8) is 0 Å². The van der Waals surface area contributed by atoms with Gasteiger partial charge in [-0.25, -0.2) is 4.98 Å². The van der Waals surface area contributed by atoms with E-state index in [1.807, 2.05) is 34.7 Å². The lowest BCUT2D eigenvalue weighted by Crippen LogP contribution is -2.47. The van der Waals surface area contributed by atoms with Crippen LogP contribution in [-0.4, -0.2) is 52.2 Å². The van der Waals surface area contributed by atoms with E-state index in [-0.39, 0.29) is 17.7 Å². The van der Waals surface area contributed by atoms with Crippen LogP contribution in [0.3, 0.4) is 0 Å². The number of benzene rings is 1. The highest BCUT2D eigenvalue weighted by Crippen LogP contribution is 2.34. The Balaban J connectivity index is 1.14. The van der Waals surface area contributed by atoms with Crippen molar-refractivity contribution in [1.82, 2.24) is 19.6 Å². The Morgan fingerprint density at radius 2 is 2.06 bits per heavy atom. The van der Waals surface area contributed by atoms with Crippen LogP contribution in [0.2, 0.25) is 0 Å². The van der Waals surface area contributed by atoms with Gasteiger partial charge in [-0.15, -0.1) is 13.2 Å². The number of aryl methyl sites for hydroxylation is 1. The summed E-state index contributed by atoms with van der Waals surface area (Å²) in [7, 11) is 0. The molecule has 1 amide bonds. The van der Waals surface area contributed by atoms with Crippen LogP contribution >= 0.6 is 11.8 Å². The van der Waals surface area contributed by atoms with Crippen molar-refractivity contribution in [2.75, 3.05) is 19.6 Å². The quantitative estimate of drug-likeness (QED) is 0.441. The Hall–Kier alpha value is -2.98. The molecule has 0 radical (unpaired) electrons. The van der Waals surface area contributed by atoms with Crippen molar-refractivity contribution >= 4 is 29.4 Å². The van der Waals surface area contributed by atoms with E-state index in [9.17, 15) is 18.0 Å². The van der Waals surface area contributed by atoms with Crippen LogP contribution in [0.25, 0.3) is 11.7 Å². The summed E-state index contributed by atoms with van der Waals surface area (Å²) in [6.45, 7) is 2.34.